The molecule has 144 valence electrons. The maximum absolute atomic E-state index is 13.3. The Bertz CT molecular complexity index is 1180. The maximum Gasteiger partial charge on any atom is 0.329 e. The molecule has 0 amide bonds. The van der Waals surface area contributed by atoms with Crippen molar-refractivity contribution >= 4 is 32.7 Å². The van der Waals surface area contributed by atoms with Gasteiger partial charge in [-0.2, -0.15) is 0 Å². The third-order valence-electron chi connectivity index (χ3n) is 4.43. The van der Waals surface area contributed by atoms with Crippen molar-refractivity contribution in [1.29, 1.82) is 0 Å². The normalized spacial score (nSPS) is 12.2. The lowest BCUT2D eigenvalue weighted by Gasteiger charge is -2.12. The van der Waals surface area contributed by atoms with Gasteiger partial charge in [0.1, 0.15) is 5.82 Å². The minimum absolute atomic E-state index is 0.0900. The monoisotopic (exact) mass is 411 g/mol. The van der Waals surface area contributed by atoms with E-state index in [1.165, 1.54) is 49.0 Å². The molecular weight excluding hydrogens is 393 g/mol. The van der Waals surface area contributed by atoms with Gasteiger partial charge >= 0.3 is 5.69 Å². The number of hydrogen-bond acceptors (Lipinski definition) is 3. The predicted molar refractivity (Wildman–Crippen MR) is 103 cm³/mol. The summed E-state index contributed by atoms with van der Waals surface area (Å²) in [7, 11) is -0.756. The Morgan fingerprint density at radius 3 is 2.37 bits per heavy atom. The molecule has 0 radical (unpaired) electrons. The zero-order chi connectivity index (χ0) is 19.9. The van der Waals surface area contributed by atoms with E-state index in [1.54, 1.807) is 10.6 Å². The van der Waals surface area contributed by atoms with Gasteiger partial charge in [-0.05, 0) is 42.8 Å². The summed E-state index contributed by atoms with van der Waals surface area (Å²) in [6.45, 7) is 2.37. The highest BCUT2D eigenvalue weighted by Crippen LogP contribution is 2.23. The van der Waals surface area contributed by atoms with E-state index >= 15 is 0 Å². The first-order chi connectivity index (χ1) is 12.7. The van der Waals surface area contributed by atoms with Gasteiger partial charge in [-0.3, -0.25) is 9.13 Å². The Labute approximate surface area is 161 Å². The number of rotatable bonds is 5. The van der Waals surface area contributed by atoms with E-state index in [4.69, 9.17) is 11.6 Å². The molecule has 0 N–H and O–H groups in total. The van der Waals surface area contributed by atoms with Crippen molar-refractivity contribution in [3.63, 3.8) is 0 Å². The average Bonchev–Trinajstić information content (AvgIpc) is 2.87. The number of hydrogen-bond donors (Lipinski definition) is 0. The maximum atomic E-state index is 13.3. The van der Waals surface area contributed by atoms with Crippen LogP contribution in [0.2, 0.25) is 5.02 Å². The van der Waals surface area contributed by atoms with Crippen LogP contribution in [0.1, 0.15) is 12.5 Å². The highest BCUT2D eigenvalue weighted by Gasteiger charge is 2.21. The molecular formula is C18H19ClFN3O3S. The Balaban J connectivity index is 2.24. The second kappa shape index (κ2) is 7.10. The lowest BCUT2D eigenvalue weighted by Crippen LogP contribution is -2.24. The summed E-state index contributed by atoms with van der Waals surface area (Å²) in [5.41, 5.74) is 1.38. The van der Waals surface area contributed by atoms with Crippen molar-refractivity contribution in [3.8, 4) is 0 Å². The molecule has 3 aromatic rings. The summed E-state index contributed by atoms with van der Waals surface area (Å²) in [6.07, 6.45) is 0. The van der Waals surface area contributed by atoms with E-state index in [1.807, 2.05) is 6.92 Å². The standard InChI is InChI=1S/C18H19ClFN3O3S/c1-4-22-16-8-7-14(27(25,26)21(2)3)10-17(16)23(18(22)24)11-12-5-6-13(20)9-15(12)19/h5-10H,4,11H2,1-3H3. The third-order valence-corrected chi connectivity index (χ3v) is 6.59. The van der Waals surface area contributed by atoms with Gasteiger partial charge in [0, 0.05) is 25.7 Å². The lowest BCUT2D eigenvalue weighted by atomic mass is 10.2. The van der Waals surface area contributed by atoms with Crippen molar-refractivity contribution in [1.82, 2.24) is 13.4 Å². The van der Waals surface area contributed by atoms with E-state index < -0.39 is 15.8 Å². The molecule has 0 spiro atoms. The largest absolute Gasteiger partial charge is 0.329 e. The van der Waals surface area contributed by atoms with Gasteiger partial charge in [-0.15, -0.1) is 0 Å². The molecule has 0 saturated carbocycles. The molecule has 1 aromatic heterocycles. The molecule has 2 aromatic carbocycles. The number of benzene rings is 2. The minimum Gasteiger partial charge on any atom is -0.292 e. The van der Waals surface area contributed by atoms with Crippen molar-refractivity contribution < 1.29 is 12.8 Å². The van der Waals surface area contributed by atoms with Crippen LogP contribution in [-0.4, -0.2) is 36.0 Å². The summed E-state index contributed by atoms with van der Waals surface area (Å²) in [6, 6.07) is 8.56. The Kier molecular flexibility index (Phi) is 5.16. The molecule has 0 bridgehead atoms. The number of aromatic nitrogens is 2. The first kappa shape index (κ1) is 19.6. The smallest absolute Gasteiger partial charge is 0.292 e. The summed E-state index contributed by atoms with van der Waals surface area (Å²) >= 11 is 6.10. The second-order valence-electron chi connectivity index (χ2n) is 6.29. The molecule has 9 heteroatoms. The third kappa shape index (κ3) is 3.40. The van der Waals surface area contributed by atoms with Crippen LogP contribution in [0.25, 0.3) is 11.0 Å². The van der Waals surface area contributed by atoms with Gasteiger partial charge in [-0.25, -0.2) is 21.9 Å². The fraction of sp³-hybridized carbons (Fsp3) is 0.278. The molecule has 0 aliphatic heterocycles. The van der Waals surface area contributed by atoms with E-state index in [9.17, 15) is 17.6 Å². The molecule has 27 heavy (non-hydrogen) atoms. The van der Waals surface area contributed by atoms with Crippen molar-refractivity contribution in [2.45, 2.75) is 24.9 Å². The quantitative estimate of drug-likeness (QED) is 0.648. The predicted octanol–water partition coefficient (Wildman–Crippen LogP) is 2.91. The summed E-state index contributed by atoms with van der Waals surface area (Å²) in [5, 5.41) is 0.205. The van der Waals surface area contributed by atoms with Crippen LogP contribution in [-0.2, 0) is 23.1 Å². The van der Waals surface area contributed by atoms with E-state index in [0.717, 1.165) is 4.31 Å². The summed E-state index contributed by atoms with van der Waals surface area (Å²) in [5.74, 6) is -0.466. The molecule has 1 heterocycles. The van der Waals surface area contributed by atoms with Crippen LogP contribution in [0.5, 0.6) is 0 Å². The Morgan fingerprint density at radius 1 is 1.07 bits per heavy atom. The highest BCUT2D eigenvalue weighted by atomic mass is 35.5. The molecule has 3 rings (SSSR count). The summed E-state index contributed by atoms with van der Waals surface area (Å²) in [4.78, 5) is 12.9. The second-order valence-corrected chi connectivity index (χ2v) is 8.85. The van der Waals surface area contributed by atoms with E-state index in [-0.39, 0.29) is 22.2 Å². The van der Waals surface area contributed by atoms with Crippen LogP contribution >= 0.6 is 11.6 Å². The average molecular weight is 412 g/mol. The van der Waals surface area contributed by atoms with Gasteiger partial charge in [0.15, 0.2) is 0 Å². The fourth-order valence-electron chi connectivity index (χ4n) is 2.95. The molecule has 6 nitrogen and oxygen atoms in total. The zero-order valence-electron chi connectivity index (χ0n) is 15.1. The lowest BCUT2D eigenvalue weighted by molar-refractivity contribution is 0.521. The number of fused-ring (bicyclic) bond motifs is 1. The van der Waals surface area contributed by atoms with Gasteiger partial charge in [0.2, 0.25) is 10.0 Å². The van der Waals surface area contributed by atoms with Crippen molar-refractivity contribution in [3.05, 3.63) is 63.3 Å². The molecule has 0 fully saturated rings. The van der Waals surface area contributed by atoms with Gasteiger partial charge in [0.25, 0.3) is 0 Å². The van der Waals surface area contributed by atoms with Crippen molar-refractivity contribution in [2.75, 3.05) is 14.1 Å². The Hall–Kier alpha value is -2.16. The van der Waals surface area contributed by atoms with Gasteiger partial charge in [0.05, 0.1) is 22.5 Å². The number of aryl methyl sites for hydroxylation is 1. The minimum atomic E-state index is -3.65. The fourth-order valence-corrected chi connectivity index (χ4v) is 4.10. The van der Waals surface area contributed by atoms with Gasteiger partial charge < -0.3 is 0 Å². The van der Waals surface area contributed by atoms with Crippen LogP contribution in [0.15, 0.2) is 46.1 Å². The number of imidazole rings is 1. The SMILES string of the molecule is CCn1c(=O)n(Cc2ccc(F)cc2Cl)c2cc(S(=O)(=O)N(C)C)ccc21. The van der Waals surface area contributed by atoms with E-state index in [2.05, 4.69) is 0 Å². The van der Waals surface area contributed by atoms with E-state index in [0.29, 0.717) is 23.1 Å². The topological polar surface area (TPSA) is 64.3 Å². The molecule has 0 unspecified atom stereocenters. The van der Waals surface area contributed by atoms with Crippen molar-refractivity contribution in [2.24, 2.45) is 0 Å². The van der Waals surface area contributed by atoms with Crippen LogP contribution in [0.3, 0.4) is 0 Å². The highest BCUT2D eigenvalue weighted by molar-refractivity contribution is 7.89. The van der Waals surface area contributed by atoms with Crippen LogP contribution < -0.4 is 5.69 Å². The molecule has 0 aliphatic carbocycles. The van der Waals surface area contributed by atoms with Crippen LogP contribution in [0, 0.1) is 5.82 Å². The Morgan fingerprint density at radius 2 is 1.78 bits per heavy atom. The number of halogens is 2. The number of nitrogens with zero attached hydrogens (tertiary/aromatic N) is 3. The first-order valence-electron chi connectivity index (χ1n) is 8.26. The molecule has 0 aliphatic rings. The van der Waals surface area contributed by atoms with Gasteiger partial charge in [-0.1, -0.05) is 17.7 Å². The zero-order valence-corrected chi connectivity index (χ0v) is 16.7. The summed E-state index contributed by atoms with van der Waals surface area (Å²) < 4.78 is 42.4. The number of sulfonamides is 1. The van der Waals surface area contributed by atoms with Crippen LogP contribution in [0.4, 0.5) is 4.39 Å². The molecule has 0 atom stereocenters. The first-order valence-corrected chi connectivity index (χ1v) is 10.1. The molecule has 0 saturated heterocycles.